The molecule has 0 aromatic heterocycles. The first kappa shape index (κ1) is 18.8. The number of hydrogen-bond donors (Lipinski definition) is 0. The molecular formula is C19H17F3N2O3. The van der Waals surface area contributed by atoms with E-state index in [0.717, 1.165) is 12.1 Å². The van der Waals surface area contributed by atoms with E-state index >= 15 is 0 Å². The van der Waals surface area contributed by atoms with Crippen molar-refractivity contribution in [3.63, 3.8) is 0 Å². The lowest BCUT2D eigenvalue weighted by molar-refractivity contribution is -0.134. The van der Waals surface area contributed by atoms with Crippen LogP contribution in [0.4, 0.5) is 13.2 Å². The Hall–Kier alpha value is -3.03. The van der Waals surface area contributed by atoms with Crippen LogP contribution in [0.5, 0.6) is 5.75 Å². The highest BCUT2D eigenvalue weighted by Crippen LogP contribution is 2.14. The highest BCUT2D eigenvalue weighted by atomic mass is 19.2. The normalized spacial score (nSPS) is 14.2. The van der Waals surface area contributed by atoms with E-state index in [4.69, 9.17) is 4.74 Å². The van der Waals surface area contributed by atoms with Crippen LogP contribution in [0.2, 0.25) is 0 Å². The van der Waals surface area contributed by atoms with Gasteiger partial charge in [-0.3, -0.25) is 9.59 Å². The minimum Gasteiger partial charge on any atom is -0.484 e. The van der Waals surface area contributed by atoms with Crippen molar-refractivity contribution in [3.8, 4) is 5.75 Å². The number of amides is 2. The van der Waals surface area contributed by atoms with Gasteiger partial charge < -0.3 is 14.5 Å². The SMILES string of the molecule is O=C(COc1ccc(F)cc1)N1CCN(C(=O)c2ccc(F)c(F)c2)CC1. The van der Waals surface area contributed by atoms with Gasteiger partial charge in [-0.05, 0) is 42.5 Å². The standard InChI is InChI=1S/C19H17F3N2O3/c20-14-2-4-15(5-3-14)27-12-18(25)23-7-9-24(10-8-23)19(26)13-1-6-16(21)17(22)11-13/h1-6,11H,7-10,12H2. The fourth-order valence-corrected chi connectivity index (χ4v) is 2.74. The van der Waals surface area contributed by atoms with E-state index in [-0.39, 0.29) is 31.2 Å². The number of piperazine rings is 1. The van der Waals surface area contributed by atoms with Gasteiger partial charge in [0.2, 0.25) is 0 Å². The Morgan fingerprint density at radius 1 is 0.852 bits per heavy atom. The van der Waals surface area contributed by atoms with Gasteiger partial charge in [-0.2, -0.15) is 0 Å². The Labute approximate surface area is 153 Å². The summed E-state index contributed by atoms with van der Waals surface area (Å²) in [4.78, 5) is 27.6. The summed E-state index contributed by atoms with van der Waals surface area (Å²) in [7, 11) is 0. The summed E-state index contributed by atoms with van der Waals surface area (Å²) in [6.45, 7) is 0.977. The summed E-state index contributed by atoms with van der Waals surface area (Å²) in [5.74, 6) is -2.76. The van der Waals surface area contributed by atoms with Gasteiger partial charge in [0.05, 0.1) is 0 Å². The van der Waals surface area contributed by atoms with Crippen molar-refractivity contribution in [1.29, 1.82) is 0 Å². The molecule has 27 heavy (non-hydrogen) atoms. The highest BCUT2D eigenvalue weighted by molar-refractivity contribution is 5.94. The number of rotatable bonds is 4. The first-order valence-electron chi connectivity index (χ1n) is 8.34. The first-order chi connectivity index (χ1) is 12.9. The molecule has 0 spiro atoms. The molecule has 0 radical (unpaired) electrons. The smallest absolute Gasteiger partial charge is 0.260 e. The van der Waals surface area contributed by atoms with Crippen molar-refractivity contribution in [2.45, 2.75) is 0 Å². The van der Waals surface area contributed by atoms with Crippen LogP contribution >= 0.6 is 0 Å². The monoisotopic (exact) mass is 378 g/mol. The second-order valence-corrected chi connectivity index (χ2v) is 6.04. The maximum absolute atomic E-state index is 13.3. The summed E-state index contributed by atoms with van der Waals surface area (Å²) >= 11 is 0. The van der Waals surface area contributed by atoms with Crippen molar-refractivity contribution in [2.24, 2.45) is 0 Å². The van der Waals surface area contributed by atoms with E-state index in [0.29, 0.717) is 18.8 Å². The number of halogens is 3. The number of nitrogens with zero attached hydrogens (tertiary/aromatic N) is 2. The Bertz CT molecular complexity index is 835. The van der Waals surface area contributed by atoms with Gasteiger partial charge in [-0.15, -0.1) is 0 Å². The minimum atomic E-state index is -1.08. The fourth-order valence-electron chi connectivity index (χ4n) is 2.74. The molecule has 0 atom stereocenters. The maximum atomic E-state index is 13.3. The van der Waals surface area contributed by atoms with E-state index in [9.17, 15) is 22.8 Å². The van der Waals surface area contributed by atoms with Crippen LogP contribution in [0, 0.1) is 17.5 Å². The summed E-state index contributed by atoms with van der Waals surface area (Å²) in [6, 6.07) is 8.35. The molecule has 1 aliphatic heterocycles. The molecule has 5 nitrogen and oxygen atoms in total. The van der Waals surface area contributed by atoms with Crippen LogP contribution in [0.25, 0.3) is 0 Å². The van der Waals surface area contributed by atoms with E-state index < -0.39 is 23.4 Å². The molecule has 1 heterocycles. The third-order valence-corrected chi connectivity index (χ3v) is 4.26. The third-order valence-electron chi connectivity index (χ3n) is 4.26. The van der Waals surface area contributed by atoms with Crippen LogP contribution in [-0.2, 0) is 4.79 Å². The Kier molecular flexibility index (Phi) is 5.63. The van der Waals surface area contributed by atoms with Gasteiger partial charge in [0.15, 0.2) is 18.2 Å². The molecule has 1 saturated heterocycles. The number of carbonyl (C=O) groups excluding carboxylic acids is 2. The van der Waals surface area contributed by atoms with Gasteiger partial charge in [-0.25, -0.2) is 13.2 Å². The molecule has 1 fully saturated rings. The van der Waals surface area contributed by atoms with E-state index in [2.05, 4.69) is 0 Å². The molecular weight excluding hydrogens is 361 g/mol. The predicted molar refractivity (Wildman–Crippen MR) is 90.7 cm³/mol. The van der Waals surface area contributed by atoms with E-state index in [1.165, 1.54) is 35.2 Å². The quantitative estimate of drug-likeness (QED) is 0.821. The van der Waals surface area contributed by atoms with Crippen LogP contribution in [0.15, 0.2) is 42.5 Å². The summed E-state index contributed by atoms with van der Waals surface area (Å²) in [5, 5.41) is 0. The summed E-state index contributed by atoms with van der Waals surface area (Å²) in [6.07, 6.45) is 0. The van der Waals surface area contributed by atoms with Crippen LogP contribution in [0.3, 0.4) is 0 Å². The van der Waals surface area contributed by atoms with Crippen molar-refractivity contribution >= 4 is 11.8 Å². The molecule has 0 N–H and O–H groups in total. The largest absolute Gasteiger partial charge is 0.484 e. The van der Waals surface area contributed by atoms with Gasteiger partial charge >= 0.3 is 0 Å². The summed E-state index contributed by atoms with van der Waals surface area (Å²) < 4.78 is 44.4. The fraction of sp³-hybridized carbons (Fsp3) is 0.263. The Morgan fingerprint density at radius 2 is 1.48 bits per heavy atom. The lowest BCUT2D eigenvalue weighted by Gasteiger charge is -2.34. The zero-order valence-corrected chi connectivity index (χ0v) is 14.3. The second kappa shape index (κ2) is 8.11. The molecule has 0 unspecified atom stereocenters. The molecule has 0 aliphatic carbocycles. The topological polar surface area (TPSA) is 49.9 Å². The average Bonchev–Trinajstić information content (AvgIpc) is 2.69. The zero-order chi connectivity index (χ0) is 19.4. The van der Waals surface area contributed by atoms with E-state index in [1.807, 2.05) is 0 Å². The van der Waals surface area contributed by atoms with Crippen molar-refractivity contribution < 1.29 is 27.5 Å². The van der Waals surface area contributed by atoms with Crippen molar-refractivity contribution in [1.82, 2.24) is 9.80 Å². The predicted octanol–water partition coefficient (Wildman–Crippen LogP) is 2.47. The number of carbonyl (C=O) groups is 2. The van der Waals surface area contributed by atoms with Gasteiger partial charge in [0, 0.05) is 31.7 Å². The van der Waals surface area contributed by atoms with Crippen molar-refractivity contribution in [3.05, 3.63) is 65.5 Å². The van der Waals surface area contributed by atoms with Crippen LogP contribution in [-0.4, -0.2) is 54.4 Å². The highest BCUT2D eigenvalue weighted by Gasteiger charge is 2.25. The molecule has 2 aromatic carbocycles. The molecule has 2 amide bonds. The molecule has 142 valence electrons. The second-order valence-electron chi connectivity index (χ2n) is 6.04. The number of benzene rings is 2. The molecule has 0 bridgehead atoms. The maximum Gasteiger partial charge on any atom is 0.260 e. The van der Waals surface area contributed by atoms with Gasteiger partial charge in [0.1, 0.15) is 11.6 Å². The van der Waals surface area contributed by atoms with Gasteiger partial charge in [0.25, 0.3) is 11.8 Å². The molecule has 3 rings (SSSR count). The number of hydrogen-bond acceptors (Lipinski definition) is 3. The lowest BCUT2D eigenvalue weighted by atomic mass is 10.1. The molecule has 8 heteroatoms. The molecule has 0 saturated carbocycles. The van der Waals surface area contributed by atoms with Gasteiger partial charge in [-0.1, -0.05) is 0 Å². The number of ether oxygens (including phenoxy) is 1. The Morgan fingerprint density at radius 3 is 2.11 bits per heavy atom. The lowest BCUT2D eigenvalue weighted by Crippen LogP contribution is -2.51. The summed E-state index contributed by atoms with van der Waals surface area (Å²) in [5.41, 5.74) is 0.0633. The Balaban J connectivity index is 1.50. The average molecular weight is 378 g/mol. The zero-order valence-electron chi connectivity index (χ0n) is 14.3. The molecule has 2 aromatic rings. The third kappa shape index (κ3) is 4.58. The first-order valence-corrected chi connectivity index (χ1v) is 8.34. The molecule has 1 aliphatic rings. The van der Waals surface area contributed by atoms with Crippen molar-refractivity contribution in [2.75, 3.05) is 32.8 Å². The van der Waals surface area contributed by atoms with E-state index in [1.54, 1.807) is 4.90 Å². The van der Waals surface area contributed by atoms with Crippen LogP contribution < -0.4 is 4.74 Å². The minimum absolute atomic E-state index is 0.0633. The van der Waals surface area contributed by atoms with Crippen LogP contribution in [0.1, 0.15) is 10.4 Å².